The Balaban J connectivity index is 1.90. The molecular weight excluding hydrogens is 374 g/mol. The van der Waals surface area contributed by atoms with Gasteiger partial charge >= 0.3 is 0 Å². The molecule has 142 valence electrons. The van der Waals surface area contributed by atoms with Crippen LogP contribution in [0, 0.1) is 0 Å². The lowest BCUT2D eigenvalue weighted by Gasteiger charge is -2.11. The third kappa shape index (κ3) is 5.90. The molecule has 1 N–H and O–H groups in total. The van der Waals surface area contributed by atoms with Gasteiger partial charge in [0.25, 0.3) is 0 Å². The van der Waals surface area contributed by atoms with Gasteiger partial charge in [-0.2, -0.15) is 0 Å². The van der Waals surface area contributed by atoms with Gasteiger partial charge < -0.3 is 9.47 Å². The van der Waals surface area contributed by atoms with Crippen LogP contribution < -0.4 is 14.2 Å². The highest BCUT2D eigenvalue weighted by atomic mass is 35.5. The van der Waals surface area contributed by atoms with Crippen molar-refractivity contribution in [2.45, 2.75) is 37.7 Å². The molecule has 5 nitrogen and oxygen atoms in total. The molecule has 2 aromatic carbocycles. The number of methoxy groups -OCH3 is 1. The minimum absolute atomic E-state index is 0.0442. The van der Waals surface area contributed by atoms with E-state index in [1.807, 2.05) is 38.1 Å². The number of hydrogen-bond acceptors (Lipinski definition) is 4. The minimum atomic E-state index is -3.68. The smallest absolute Gasteiger partial charge is 0.244 e. The van der Waals surface area contributed by atoms with E-state index in [2.05, 4.69) is 4.72 Å². The molecule has 0 radical (unpaired) electrons. The first-order valence-corrected chi connectivity index (χ1v) is 10.3. The normalized spacial score (nSPS) is 11.6. The standard InChI is InChI=1S/C19H24ClNO4S/c1-14(2)25-17-9-6-15(7-10-17)5-4-12-21-26(22,23)19-13-16(20)8-11-18(19)24-3/h6-11,13-14,21H,4-5,12H2,1-3H3. The average molecular weight is 398 g/mol. The molecule has 0 aliphatic rings. The summed E-state index contributed by atoms with van der Waals surface area (Å²) in [7, 11) is -2.25. The number of benzene rings is 2. The Labute approximate surface area is 160 Å². The van der Waals surface area contributed by atoms with Gasteiger partial charge in [-0.3, -0.25) is 0 Å². The maximum absolute atomic E-state index is 12.5. The minimum Gasteiger partial charge on any atom is -0.495 e. The molecular formula is C19H24ClNO4S. The fraction of sp³-hybridized carbons (Fsp3) is 0.368. The molecule has 2 rings (SSSR count). The van der Waals surface area contributed by atoms with E-state index in [4.69, 9.17) is 21.1 Å². The van der Waals surface area contributed by atoms with Crippen LogP contribution in [0.2, 0.25) is 5.02 Å². The van der Waals surface area contributed by atoms with Crippen LogP contribution in [0.15, 0.2) is 47.4 Å². The maximum atomic E-state index is 12.5. The van der Waals surface area contributed by atoms with Crippen molar-refractivity contribution in [3.63, 3.8) is 0 Å². The molecule has 26 heavy (non-hydrogen) atoms. The first-order chi connectivity index (χ1) is 12.3. The molecule has 0 aromatic heterocycles. The highest BCUT2D eigenvalue weighted by molar-refractivity contribution is 7.89. The summed E-state index contributed by atoms with van der Waals surface area (Å²) in [5.74, 6) is 1.10. The summed E-state index contributed by atoms with van der Waals surface area (Å²) in [6.45, 7) is 4.28. The second kappa shape index (κ2) is 9.26. The molecule has 2 aromatic rings. The molecule has 0 bridgehead atoms. The highest BCUT2D eigenvalue weighted by Crippen LogP contribution is 2.26. The lowest BCUT2D eigenvalue weighted by Crippen LogP contribution is -2.25. The predicted molar refractivity (Wildman–Crippen MR) is 104 cm³/mol. The Hall–Kier alpha value is -1.76. The van der Waals surface area contributed by atoms with Crippen molar-refractivity contribution >= 4 is 21.6 Å². The third-order valence-electron chi connectivity index (χ3n) is 3.64. The van der Waals surface area contributed by atoms with Crippen LogP contribution in [0.4, 0.5) is 0 Å². The van der Waals surface area contributed by atoms with E-state index >= 15 is 0 Å². The molecule has 0 aliphatic heterocycles. The maximum Gasteiger partial charge on any atom is 0.244 e. The lowest BCUT2D eigenvalue weighted by atomic mass is 10.1. The number of sulfonamides is 1. The van der Waals surface area contributed by atoms with Crippen LogP contribution in [-0.2, 0) is 16.4 Å². The lowest BCUT2D eigenvalue weighted by molar-refractivity contribution is 0.242. The van der Waals surface area contributed by atoms with Gasteiger partial charge in [-0.05, 0) is 62.6 Å². The molecule has 0 saturated heterocycles. The van der Waals surface area contributed by atoms with Gasteiger partial charge in [0.15, 0.2) is 0 Å². The monoisotopic (exact) mass is 397 g/mol. The van der Waals surface area contributed by atoms with Crippen molar-refractivity contribution in [3.8, 4) is 11.5 Å². The van der Waals surface area contributed by atoms with Crippen molar-refractivity contribution < 1.29 is 17.9 Å². The fourth-order valence-corrected chi connectivity index (χ4v) is 3.95. The Kier molecular flexibility index (Phi) is 7.32. The topological polar surface area (TPSA) is 64.6 Å². The molecule has 7 heteroatoms. The van der Waals surface area contributed by atoms with Crippen LogP contribution in [-0.4, -0.2) is 28.2 Å². The highest BCUT2D eigenvalue weighted by Gasteiger charge is 2.19. The van der Waals surface area contributed by atoms with Crippen LogP contribution >= 0.6 is 11.6 Å². The Bertz CT molecular complexity index is 820. The summed E-state index contributed by atoms with van der Waals surface area (Å²) in [5, 5.41) is 0.342. The van der Waals surface area contributed by atoms with E-state index in [-0.39, 0.29) is 16.7 Å². The summed E-state index contributed by atoms with van der Waals surface area (Å²) in [6.07, 6.45) is 1.57. The Morgan fingerprint density at radius 1 is 1.12 bits per heavy atom. The molecule has 0 heterocycles. The van der Waals surface area contributed by atoms with Crippen molar-refractivity contribution in [2.24, 2.45) is 0 Å². The van der Waals surface area contributed by atoms with E-state index in [0.29, 0.717) is 18.0 Å². The Morgan fingerprint density at radius 3 is 2.42 bits per heavy atom. The van der Waals surface area contributed by atoms with E-state index < -0.39 is 10.0 Å². The second-order valence-electron chi connectivity index (χ2n) is 6.11. The van der Waals surface area contributed by atoms with E-state index in [1.54, 1.807) is 6.07 Å². The van der Waals surface area contributed by atoms with Gasteiger partial charge in [-0.1, -0.05) is 23.7 Å². The SMILES string of the molecule is COc1ccc(Cl)cc1S(=O)(=O)NCCCc1ccc(OC(C)C)cc1. The van der Waals surface area contributed by atoms with Gasteiger partial charge in [0, 0.05) is 11.6 Å². The van der Waals surface area contributed by atoms with Gasteiger partial charge in [0.05, 0.1) is 13.2 Å². The van der Waals surface area contributed by atoms with E-state index in [9.17, 15) is 8.42 Å². The number of rotatable bonds is 9. The van der Waals surface area contributed by atoms with Gasteiger partial charge in [0.1, 0.15) is 16.4 Å². The molecule has 0 amide bonds. The average Bonchev–Trinajstić information content (AvgIpc) is 2.59. The summed E-state index contributed by atoms with van der Waals surface area (Å²) < 4.78 is 38.2. The summed E-state index contributed by atoms with van der Waals surface area (Å²) in [5.41, 5.74) is 1.13. The van der Waals surface area contributed by atoms with Crippen molar-refractivity contribution in [1.82, 2.24) is 4.72 Å². The molecule has 0 saturated carbocycles. The molecule has 0 aliphatic carbocycles. The van der Waals surface area contributed by atoms with Gasteiger partial charge in [-0.15, -0.1) is 0 Å². The van der Waals surface area contributed by atoms with Crippen LogP contribution in [0.25, 0.3) is 0 Å². The zero-order valence-corrected chi connectivity index (χ0v) is 16.7. The number of hydrogen-bond donors (Lipinski definition) is 1. The van der Waals surface area contributed by atoms with Crippen molar-refractivity contribution in [3.05, 3.63) is 53.1 Å². The Morgan fingerprint density at radius 2 is 1.81 bits per heavy atom. The number of ether oxygens (including phenoxy) is 2. The molecule has 0 fully saturated rings. The first kappa shape index (κ1) is 20.6. The summed E-state index contributed by atoms with van der Waals surface area (Å²) in [4.78, 5) is 0.0442. The summed E-state index contributed by atoms with van der Waals surface area (Å²) >= 11 is 5.91. The van der Waals surface area contributed by atoms with Crippen LogP contribution in [0.5, 0.6) is 11.5 Å². The van der Waals surface area contributed by atoms with Crippen molar-refractivity contribution in [2.75, 3.05) is 13.7 Å². The third-order valence-corrected chi connectivity index (χ3v) is 5.36. The zero-order valence-electron chi connectivity index (χ0n) is 15.2. The van der Waals surface area contributed by atoms with E-state index in [0.717, 1.165) is 17.7 Å². The number of nitrogens with one attached hydrogen (secondary N) is 1. The fourth-order valence-electron chi connectivity index (χ4n) is 2.44. The molecule has 0 atom stereocenters. The summed E-state index contributed by atoms with van der Waals surface area (Å²) in [6, 6.07) is 12.4. The van der Waals surface area contributed by atoms with Gasteiger partial charge in [0.2, 0.25) is 10.0 Å². The second-order valence-corrected chi connectivity index (χ2v) is 8.28. The quantitative estimate of drug-likeness (QED) is 0.648. The van der Waals surface area contributed by atoms with Crippen molar-refractivity contribution in [1.29, 1.82) is 0 Å². The first-order valence-electron chi connectivity index (χ1n) is 8.40. The number of halogens is 1. The molecule has 0 spiro atoms. The largest absolute Gasteiger partial charge is 0.495 e. The van der Waals surface area contributed by atoms with Gasteiger partial charge in [-0.25, -0.2) is 13.1 Å². The predicted octanol–water partition coefficient (Wildman–Crippen LogP) is 4.05. The van der Waals surface area contributed by atoms with Crippen LogP contribution in [0.1, 0.15) is 25.8 Å². The van der Waals surface area contributed by atoms with E-state index in [1.165, 1.54) is 19.2 Å². The van der Waals surface area contributed by atoms with Crippen LogP contribution in [0.3, 0.4) is 0 Å². The number of aryl methyl sites for hydroxylation is 1. The molecule has 0 unspecified atom stereocenters. The zero-order chi connectivity index (χ0) is 19.2.